The predicted molar refractivity (Wildman–Crippen MR) is 79.0 cm³/mol. The van der Waals surface area contributed by atoms with Crippen LogP contribution >= 0.6 is 11.3 Å². The van der Waals surface area contributed by atoms with E-state index in [1.807, 2.05) is 0 Å². The lowest BCUT2D eigenvalue weighted by molar-refractivity contribution is 0.506. The standard InChI is InChI=1S/C13H23NO2S2/c1-5-9-14-13(10(3)18(4,15)16)12-8-7-11(6-2)17-12/h7-8,10,13-14H,5-6,9H2,1-4H3. The lowest BCUT2D eigenvalue weighted by atomic mass is 10.1. The second kappa shape index (κ2) is 6.68. The van der Waals surface area contributed by atoms with Crippen LogP contribution in [0.1, 0.15) is 43.0 Å². The largest absolute Gasteiger partial charge is 0.308 e. The minimum absolute atomic E-state index is 0.0924. The SMILES string of the molecule is CCCNC(c1ccc(CC)s1)C(C)S(C)(=O)=O. The number of sulfone groups is 1. The molecule has 1 rings (SSSR count). The first-order valence-corrected chi connectivity index (χ1v) is 9.18. The van der Waals surface area contributed by atoms with Crippen molar-refractivity contribution < 1.29 is 8.42 Å². The van der Waals surface area contributed by atoms with Gasteiger partial charge in [0, 0.05) is 16.0 Å². The molecular formula is C13H23NO2S2. The number of aryl methyl sites for hydroxylation is 1. The van der Waals surface area contributed by atoms with Gasteiger partial charge in [-0.1, -0.05) is 13.8 Å². The van der Waals surface area contributed by atoms with Gasteiger partial charge in [-0.2, -0.15) is 0 Å². The Balaban J connectivity index is 2.97. The first kappa shape index (κ1) is 15.7. The Labute approximate surface area is 115 Å². The Kier molecular flexibility index (Phi) is 5.82. The van der Waals surface area contributed by atoms with Crippen LogP contribution in [-0.2, 0) is 16.3 Å². The molecule has 0 amide bonds. The van der Waals surface area contributed by atoms with Crippen molar-refractivity contribution in [3.63, 3.8) is 0 Å². The highest BCUT2D eigenvalue weighted by Crippen LogP contribution is 2.28. The Bertz CT molecular complexity index is 465. The fraction of sp³-hybridized carbons (Fsp3) is 0.692. The van der Waals surface area contributed by atoms with Crippen molar-refractivity contribution in [3.8, 4) is 0 Å². The Morgan fingerprint density at radius 2 is 2.00 bits per heavy atom. The second-order valence-electron chi connectivity index (χ2n) is 4.62. The van der Waals surface area contributed by atoms with Crippen LogP contribution in [0, 0.1) is 0 Å². The van der Waals surface area contributed by atoms with Crippen LogP contribution in [0.4, 0.5) is 0 Å². The van der Waals surface area contributed by atoms with E-state index in [1.54, 1.807) is 18.3 Å². The van der Waals surface area contributed by atoms with Gasteiger partial charge in [0.25, 0.3) is 0 Å². The number of thiophene rings is 1. The zero-order chi connectivity index (χ0) is 13.8. The molecule has 0 fully saturated rings. The maximum atomic E-state index is 11.8. The maximum absolute atomic E-state index is 11.8. The summed E-state index contributed by atoms with van der Waals surface area (Å²) in [4.78, 5) is 2.42. The summed E-state index contributed by atoms with van der Waals surface area (Å²) in [7, 11) is -3.03. The molecule has 1 N–H and O–H groups in total. The predicted octanol–water partition coefficient (Wildman–Crippen LogP) is 2.78. The number of nitrogens with one attached hydrogen (secondary N) is 1. The third kappa shape index (κ3) is 4.07. The summed E-state index contributed by atoms with van der Waals surface area (Å²) >= 11 is 1.71. The first-order valence-electron chi connectivity index (χ1n) is 6.41. The van der Waals surface area contributed by atoms with Gasteiger partial charge in [0.2, 0.25) is 0 Å². The lowest BCUT2D eigenvalue weighted by Gasteiger charge is -2.22. The molecule has 0 aliphatic rings. The molecule has 2 unspecified atom stereocenters. The van der Waals surface area contributed by atoms with Gasteiger partial charge in [-0.25, -0.2) is 8.42 Å². The molecule has 0 aliphatic carbocycles. The van der Waals surface area contributed by atoms with E-state index >= 15 is 0 Å². The van der Waals surface area contributed by atoms with E-state index in [0.717, 1.165) is 24.3 Å². The lowest BCUT2D eigenvalue weighted by Crippen LogP contribution is -2.34. The normalized spacial score (nSPS) is 15.6. The molecule has 1 heterocycles. The molecule has 104 valence electrons. The zero-order valence-corrected chi connectivity index (χ0v) is 13.2. The van der Waals surface area contributed by atoms with Crippen LogP contribution in [0.5, 0.6) is 0 Å². The molecular weight excluding hydrogens is 266 g/mol. The van der Waals surface area contributed by atoms with Crippen LogP contribution in [0.2, 0.25) is 0 Å². The third-order valence-electron chi connectivity index (χ3n) is 3.10. The van der Waals surface area contributed by atoms with E-state index in [4.69, 9.17) is 0 Å². The van der Waals surface area contributed by atoms with Gasteiger partial charge in [0.15, 0.2) is 9.84 Å². The summed E-state index contributed by atoms with van der Waals surface area (Å²) in [5.74, 6) is 0. The highest BCUT2D eigenvalue weighted by molar-refractivity contribution is 7.91. The quantitative estimate of drug-likeness (QED) is 0.839. The highest BCUT2D eigenvalue weighted by Gasteiger charge is 2.27. The van der Waals surface area contributed by atoms with Gasteiger partial charge in [-0.3, -0.25) is 0 Å². The van der Waals surface area contributed by atoms with E-state index in [9.17, 15) is 8.42 Å². The van der Waals surface area contributed by atoms with Crippen LogP contribution in [0.15, 0.2) is 12.1 Å². The van der Waals surface area contributed by atoms with E-state index in [-0.39, 0.29) is 6.04 Å². The maximum Gasteiger partial charge on any atom is 0.151 e. The monoisotopic (exact) mass is 289 g/mol. The van der Waals surface area contributed by atoms with Crippen molar-refractivity contribution in [1.29, 1.82) is 0 Å². The minimum atomic E-state index is -3.03. The van der Waals surface area contributed by atoms with Crippen molar-refractivity contribution >= 4 is 21.2 Å². The fourth-order valence-corrected chi connectivity index (χ4v) is 3.75. The van der Waals surface area contributed by atoms with Crippen LogP contribution in [-0.4, -0.2) is 26.5 Å². The van der Waals surface area contributed by atoms with Crippen LogP contribution < -0.4 is 5.32 Å². The van der Waals surface area contributed by atoms with Crippen LogP contribution in [0.3, 0.4) is 0 Å². The molecule has 1 aromatic heterocycles. The molecule has 2 atom stereocenters. The molecule has 0 radical (unpaired) electrons. The van der Waals surface area contributed by atoms with Crippen LogP contribution in [0.25, 0.3) is 0 Å². The molecule has 3 nitrogen and oxygen atoms in total. The van der Waals surface area contributed by atoms with Gasteiger partial charge in [0.05, 0.1) is 11.3 Å². The third-order valence-corrected chi connectivity index (χ3v) is 6.03. The van der Waals surface area contributed by atoms with Crippen molar-refractivity contribution in [2.24, 2.45) is 0 Å². The molecule has 1 aromatic rings. The van der Waals surface area contributed by atoms with Crippen molar-refractivity contribution in [2.75, 3.05) is 12.8 Å². The first-order chi connectivity index (χ1) is 8.40. The topological polar surface area (TPSA) is 46.2 Å². The molecule has 0 bridgehead atoms. The Morgan fingerprint density at radius 3 is 2.44 bits per heavy atom. The molecule has 18 heavy (non-hydrogen) atoms. The zero-order valence-electron chi connectivity index (χ0n) is 11.6. The van der Waals surface area contributed by atoms with Gasteiger partial charge in [-0.15, -0.1) is 11.3 Å². The summed E-state index contributed by atoms with van der Waals surface area (Å²) in [5.41, 5.74) is 0. The average Bonchev–Trinajstić information content (AvgIpc) is 2.76. The van der Waals surface area contributed by atoms with Crippen molar-refractivity contribution in [3.05, 3.63) is 21.9 Å². The van der Waals surface area contributed by atoms with E-state index in [1.165, 1.54) is 11.1 Å². The molecule has 0 aliphatic heterocycles. The summed E-state index contributed by atoms with van der Waals surface area (Å²) in [6, 6.07) is 4.05. The Morgan fingerprint density at radius 1 is 1.33 bits per heavy atom. The van der Waals surface area contributed by atoms with Crippen molar-refractivity contribution in [1.82, 2.24) is 5.32 Å². The summed E-state index contributed by atoms with van der Waals surface area (Å²) in [6.45, 7) is 6.82. The van der Waals surface area contributed by atoms with Gasteiger partial charge in [-0.05, 0) is 38.4 Å². The molecule has 5 heteroatoms. The minimum Gasteiger partial charge on any atom is -0.308 e. The number of hydrogen-bond acceptors (Lipinski definition) is 4. The van der Waals surface area contributed by atoms with Gasteiger partial charge >= 0.3 is 0 Å². The summed E-state index contributed by atoms with van der Waals surface area (Å²) < 4.78 is 23.5. The summed E-state index contributed by atoms with van der Waals surface area (Å²) in [5, 5.41) is 2.96. The van der Waals surface area contributed by atoms with Crippen molar-refractivity contribution in [2.45, 2.75) is 44.9 Å². The highest BCUT2D eigenvalue weighted by atomic mass is 32.2. The van der Waals surface area contributed by atoms with E-state index < -0.39 is 15.1 Å². The Hall–Kier alpha value is -0.390. The molecule has 0 saturated carbocycles. The number of rotatable bonds is 7. The fourth-order valence-electron chi connectivity index (χ4n) is 1.80. The molecule has 0 aromatic carbocycles. The smallest absolute Gasteiger partial charge is 0.151 e. The summed E-state index contributed by atoms with van der Waals surface area (Å²) in [6.07, 6.45) is 3.31. The molecule has 0 spiro atoms. The van der Waals surface area contributed by atoms with E-state index in [0.29, 0.717) is 0 Å². The number of hydrogen-bond donors (Lipinski definition) is 1. The average molecular weight is 289 g/mol. The molecule has 0 saturated heterocycles. The second-order valence-corrected chi connectivity index (χ2v) is 8.23. The van der Waals surface area contributed by atoms with Gasteiger partial charge < -0.3 is 5.32 Å². The van der Waals surface area contributed by atoms with E-state index in [2.05, 4.69) is 31.3 Å². The van der Waals surface area contributed by atoms with Gasteiger partial charge in [0.1, 0.15) is 0 Å².